The van der Waals surface area contributed by atoms with Crippen LogP contribution in [-0.4, -0.2) is 49.9 Å². The second-order valence-corrected chi connectivity index (χ2v) is 7.47. The Hall–Kier alpha value is -1.17. The van der Waals surface area contributed by atoms with E-state index in [9.17, 15) is 4.79 Å². The Kier molecular flexibility index (Phi) is 8.13. The number of piperidine rings is 1. The minimum Gasteiger partial charge on any atom is -0.490 e. The van der Waals surface area contributed by atoms with Crippen molar-refractivity contribution in [1.82, 2.24) is 10.2 Å². The lowest BCUT2D eigenvalue weighted by Gasteiger charge is -2.32. The zero-order valence-electron chi connectivity index (χ0n) is 14.8. The van der Waals surface area contributed by atoms with E-state index in [-0.39, 0.29) is 12.2 Å². The lowest BCUT2D eigenvalue weighted by Crippen LogP contribution is -2.42. The molecule has 5 nitrogen and oxygen atoms in total. The number of nitrogens with zero attached hydrogens (tertiary/aromatic N) is 1. The number of hydrogen-bond acceptors (Lipinski definition) is 4. The van der Waals surface area contributed by atoms with E-state index in [2.05, 4.69) is 10.2 Å². The summed E-state index contributed by atoms with van der Waals surface area (Å²) in [6.45, 7) is 7.76. The van der Waals surface area contributed by atoms with Crippen molar-refractivity contribution in [3.05, 3.63) is 28.2 Å². The average Bonchev–Trinajstić information content (AvgIpc) is 2.58. The van der Waals surface area contributed by atoms with Crippen LogP contribution >= 0.6 is 23.2 Å². The van der Waals surface area contributed by atoms with Crippen LogP contribution in [0.25, 0.3) is 0 Å². The van der Waals surface area contributed by atoms with Gasteiger partial charge in [0.25, 0.3) is 0 Å². The van der Waals surface area contributed by atoms with Gasteiger partial charge in [-0.05, 0) is 30.9 Å². The van der Waals surface area contributed by atoms with E-state index in [1.54, 1.807) is 12.1 Å². The first-order chi connectivity index (χ1) is 11.9. The fourth-order valence-corrected chi connectivity index (χ4v) is 2.89. The highest BCUT2D eigenvalue weighted by Gasteiger charge is 2.20. The molecule has 0 spiro atoms. The maximum Gasteiger partial charge on any atom is 0.407 e. The quantitative estimate of drug-likeness (QED) is 0.759. The summed E-state index contributed by atoms with van der Waals surface area (Å²) in [5.74, 6) is 1.10. The maximum absolute atomic E-state index is 11.5. The van der Waals surface area contributed by atoms with Gasteiger partial charge in [-0.15, -0.1) is 0 Å². The third-order valence-corrected chi connectivity index (χ3v) is 4.71. The van der Waals surface area contributed by atoms with Crippen LogP contribution < -0.4 is 10.1 Å². The summed E-state index contributed by atoms with van der Waals surface area (Å²) in [6.07, 6.45) is 1.72. The molecule has 1 aliphatic heterocycles. The van der Waals surface area contributed by atoms with E-state index in [0.29, 0.717) is 29.1 Å². The van der Waals surface area contributed by atoms with E-state index >= 15 is 0 Å². The molecule has 1 fully saturated rings. The first kappa shape index (κ1) is 20.1. The van der Waals surface area contributed by atoms with Gasteiger partial charge in [0.1, 0.15) is 11.9 Å². The molecule has 0 saturated carbocycles. The standard InChI is InChI=1S/C18H26Cl2N2O3/c1-13(2)12-24-18(23)21-7-10-22-8-5-14(6-9-22)25-15-3-4-16(19)17(20)11-15/h3-4,11,13-14H,5-10,12H2,1-2H3,(H,21,23). The highest BCUT2D eigenvalue weighted by molar-refractivity contribution is 6.42. The van der Waals surface area contributed by atoms with Crippen molar-refractivity contribution < 1.29 is 14.3 Å². The molecule has 1 amide bonds. The van der Waals surface area contributed by atoms with Gasteiger partial charge >= 0.3 is 6.09 Å². The number of carbonyl (C=O) groups is 1. The number of halogens is 2. The molecule has 1 saturated heterocycles. The lowest BCUT2D eigenvalue weighted by atomic mass is 10.1. The van der Waals surface area contributed by atoms with Crippen molar-refractivity contribution in [2.75, 3.05) is 32.8 Å². The topological polar surface area (TPSA) is 50.8 Å². The Balaban J connectivity index is 1.62. The van der Waals surface area contributed by atoms with E-state index in [1.807, 2.05) is 19.9 Å². The summed E-state index contributed by atoms with van der Waals surface area (Å²) in [4.78, 5) is 13.8. The Bertz CT molecular complexity index is 561. The molecule has 1 heterocycles. The summed E-state index contributed by atoms with van der Waals surface area (Å²) in [5, 5.41) is 3.82. The van der Waals surface area contributed by atoms with Gasteiger partial charge in [-0.3, -0.25) is 0 Å². The summed E-state index contributed by atoms with van der Waals surface area (Å²) in [7, 11) is 0. The van der Waals surface area contributed by atoms with Gasteiger partial charge in [0.2, 0.25) is 0 Å². The number of nitrogens with one attached hydrogen (secondary N) is 1. The molecule has 0 aromatic heterocycles. The average molecular weight is 389 g/mol. The number of ether oxygens (including phenoxy) is 2. The van der Waals surface area contributed by atoms with Gasteiger partial charge in [0.05, 0.1) is 16.7 Å². The number of benzene rings is 1. The molecule has 0 atom stereocenters. The van der Waals surface area contributed by atoms with Crippen molar-refractivity contribution >= 4 is 29.3 Å². The normalized spacial score (nSPS) is 16.0. The predicted octanol–water partition coefficient (Wildman–Crippen LogP) is 4.22. The highest BCUT2D eigenvalue weighted by atomic mass is 35.5. The summed E-state index contributed by atoms with van der Waals surface area (Å²) in [6, 6.07) is 5.34. The van der Waals surface area contributed by atoms with Crippen molar-refractivity contribution in [1.29, 1.82) is 0 Å². The second-order valence-electron chi connectivity index (χ2n) is 6.65. The second kappa shape index (κ2) is 10.1. The molecule has 2 rings (SSSR count). The van der Waals surface area contributed by atoms with Gasteiger partial charge in [0.15, 0.2) is 0 Å². The molecule has 1 aromatic carbocycles. The Labute approximate surface area is 159 Å². The Morgan fingerprint density at radius 3 is 2.64 bits per heavy atom. The van der Waals surface area contributed by atoms with Crippen molar-refractivity contribution in [2.45, 2.75) is 32.8 Å². The third kappa shape index (κ3) is 7.30. The van der Waals surface area contributed by atoms with Crippen molar-refractivity contribution in [3.63, 3.8) is 0 Å². The molecule has 7 heteroatoms. The molecule has 1 N–H and O–H groups in total. The number of hydrogen-bond donors (Lipinski definition) is 1. The molecule has 1 aromatic rings. The van der Waals surface area contributed by atoms with E-state index in [1.165, 1.54) is 0 Å². The van der Waals surface area contributed by atoms with Crippen LogP contribution in [0.3, 0.4) is 0 Å². The van der Waals surface area contributed by atoms with Gasteiger partial charge in [-0.2, -0.15) is 0 Å². The number of likely N-dealkylation sites (tertiary alicyclic amines) is 1. The maximum atomic E-state index is 11.5. The molecular weight excluding hydrogens is 363 g/mol. The fraction of sp³-hybridized carbons (Fsp3) is 0.611. The summed E-state index contributed by atoms with van der Waals surface area (Å²) < 4.78 is 11.1. The van der Waals surface area contributed by atoms with Crippen LogP contribution in [0.1, 0.15) is 26.7 Å². The number of alkyl carbamates (subject to hydrolysis) is 1. The minimum atomic E-state index is -0.341. The Morgan fingerprint density at radius 1 is 1.28 bits per heavy atom. The molecule has 25 heavy (non-hydrogen) atoms. The first-order valence-corrected chi connectivity index (χ1v) is 9.44. The zero-order valence-corrected chi connectivity index (χ0v) is 16.3. The largest absolute Gasteiger partial charge is 0.490 e. The van der Waals surface area contributed by atoms with E-state index < -0.39 is 0 Å². The fourth-order valence-electron chi connectivity index (χ4n) is 2.60. The SMILES string of the molecule is CC(C)COC(=O)NCCN1CCC(Oc2ccc(Cl)c(Cl)c2)CC1. The van der Waals surface area contributed by atoms with Gasteiger partial charge < -0.3 is 19.7 Å². The monoisotopic (exact) mass is 388 g/mol. The molecule has 140 valence electrons. The number of amides is 1. The predicted molar refractivity (Wildman–Crippen MR) is 101 cm³/mol. The molecule has 0 aliphatic carbocycles. The molecule has 0 bridgehead atoms. The lowest BCUT2D eigenvalue weighted by molar-refractivity contribution is 0.0987. The highest BCUT2D eigenvalue weighted by Crippen LogP contribution is 2.28. The van der Waals surface area contributed by atoms with Crippen LogP contribution in [-0.2, 0) is 4.74 Å². The van der Waals surface area contributed by atoms with Gasteiger partial charge in [0, 0.05) is 32.2 Å². The summed E-state index contributed by atoms with van der Waals surface area (Å²) >= 11 is 11.9. The minimum absolute atomic E-state index is 0.178. The van der Waals surface area contributed by atoms with Crippen molar-refractivity contribution in [2.24, 2.45) is 5.92 Å². The van der Waals surface area contributed by atoms with Crippen molar-refractivity contribution in [3.8, 4) is 5.75 Å². The molecule has 0 radical (unpaired) electrons. The number of carbonyl (C=O) groups excluding carboxylic acids is 1. The summed E-state index contributed by atoms with van der Waals surface area (Å²) in [5.41, 5.74) is 0. The smallest absolute Gasteiger partial charge is 0.407 e. The first-order valence-electron chi connectivity index (χ1n) is 8.68. The Morgan fingerprint density at radius 2 is 2.00 bits per heavy atom. The van der Waals surface area contributed by atoms with Crippen LogP contribution in [0, 0.1) is 5.92 Å². The van der Waals surface area contributed by atoms with Crippen LogP contribution in [0.5, 0.6) is 5.75 Å². The zero-order chi connectivity index (χ0) is 18.2. The van der Waals surface area contributed by atoms with Crippen LogP contribution in [0.4, 0.5) is 4.79 Å². The molecule has 0 unspecified atom stereocenters. The van der Waals surface area contributed by atoms with E-state index in [4.69, 9.17) is 32.7 Å². The molecule has 1 aliphatic rings. The molecular formula is C18H26Cl2N2O3. The van der Waals surface area contributed by atoms with Crippen LogP contribution in [0.2, 0.25) is 10.0 Å². The van der Waals surface area contributed by atoms with Gasteiger partial charge in [-0.1, -0.05) is 37.0 Å². The third-order valence-electron chi connectivity index (χ3n) is 3.97. The number of rotatable bonds is 7. The van der Waals surface area contributed by atoms with Gasteiger partial charge in [-0.25, -0.2) is 4.79 Å². The van der Waals surface area contributed by atoms with E-state index in [0.717, 1.165) is 38.2 Å². The van der Waals surface area contributed by atoms with Crippen LogP contribution in [0.15, 0.2) is 18.2 Å².